The summed E-state index contributed by atoms with van der Waals surface area (Å²) in [6.45, 7) is 4.83. The Balaban J connectivity index is 2.10. The molecule has 1 fully saturated rings. The van der Waals surface area contributed by atoms with E-state index in [4.69, 9.17) is 22.1 Å². The van der Waals surface area contributed by atoms with Crippen molar-refractivity contribution >= 4 is 11.6 Å². The summed E-state index contributed by atoms with van der Waals surface area (Å²) in [4.78, 5) is 2.21. The summed E-state index contributed by atoms with van der Waals surface area (Å²) < 4.78 is 19.7. The first kappa shape index (κ1) is 15.7. The molecule has 5 heteroatoms. The highest BCUT2D eigenvalue weighted by atomic mass is 35.5. The summed E-state index contributed by atoms with van der Waals surface area (Å²) in [7, 11) is 0. The topological polar surface area (TPSA) is 38.5 Å². The van der Waals surface area contributed by atoms with Crippen molar-refractivity contribution < 1.29 is 9.13 Å². The molecule has 1 unspecified atom stereocenters. The zero-order chi connectivity index (χ0) is 14.5. The Labute approximate surface area is 124 Å². The third-order valence-corrected chi connectivity index (χ3v) is 4.21. The molecule has 0 aromatic heterocycles. The minimum Gasteiger partial charge on any atom is -0.378 e. The van der Waals surface area contributed by atoms with Crippen LogP contribution in [-0.2, 0) is 4.74 Å². The van der Waals surface area contributed by atoms with E-state index in [1.807, 2.05) is 6.92 Å². The van der Waals surface area contributed by atoms with Crippen molar-refractivity contribution in [2.45, 2.75) is 31.9 Å². The van der Waals surface area contributed by atoms with Crippen molar-refractivity contribution in [1.29, 1.82) is 0 Å². The van der Waals surface area contributed by atoms with Gasteiger partial charge in [0.1, 0.15) is 5.82 Å². The Morgan fingerprint density at radius 3 is 2.70 bits per heavy atom. The Bertz CT molecular complexity index is 416. The number of hydrogen-bond acceptors (Lipinski definition) is 3. The zero-order valence-electron chi connectivity index (χ0n) is 11.8. The second-order valence-corrected chi connectivity index (χ2v) is 5.48. The molecular weight excluding hydrogens is 279 g/mol. The fourth-order valence-electron chi connectivity index (χ4n) is 2.87. The minimum atomic E-state index is -0.278. The van der Waals surface area contributed by atoms with Gasteiger partial charge in [-0.25, -0.2) is 4.39 Å². The smallest absolute Gasteiger partial charge is 0.129 e. The average molecular weight is 301 g/mol. The van der Waals surface area contributed by atoms with Gasteiger partial charge in [-0.2, -0.15) is 0 Å². The fourth-order valence-corrected chi connectivity index (χ4v) is 3.16. The van der Waals surface area contributed by atoms with Crippen molar-refractivity contribution in [3.8, 4) is 0 Å². The van der Waals surface area contributed by atoms with E-state index < -0.39 is 0 Å². The van der Waals surface area contributed by atoms with Crippen LogP contribution in [0.5, 0.6) is 0 Å². The largest absolute Gasteiger partial charge is 0.378 e. The van der Waals surface area contributed by atoms with Crippen molar-refractivity contribution in [1.82, 2.24) is 4.90 Å². The molecule has 0 amide bonds. The molecule has 1 heterocycles. The minimum absolute atomic E-state index is 0.161. The lowest BCUT2D eigenvalue weighted by Gasteiger charge is -2.37. The van der Waals surface area contributed by atoms with E-state index in [0.717, 1.165) is 32.5 Å². The summed E-state index contributed by atoms with van der Waals surface area (Å²) in [6, 6.07) is 4.62. The van der Waals surface area contributed by atoms with Crippen molar-refractivity contribution in [2.24, 2.45) is 5.73 Å². The van der Waals surface area contributed by atoms with Crippen molar-refractivity contribution in [3.05, 3.63) is 34.6 Å². The molecule has 1 aliphatic heterocycles. The lowest BCUT2D eigenvalue weighted by molar-refractivity contribution is 0.00420. The van der Waals surface area contributed by atoms with Gasteiger partial charge >= 0.3 is 0 Å². The fraction of sp³-hybridized carbons (Fsp3) is 0.600. The van der Waals surface area contributed by atoms with Crippen LogP contribution in [0.3, 0.4) is 0 Å². The van der Waals surface area contributed by atoms with E-state index in [-0.39, 0.29) is 11.9 Å². The maximum atomic E-state index is 14.0. The third-order valence-electron chi connectivity index (χ3n) is 3.88. The lowest BCUT2D eigenvalue weighted by Crippen LogP contribution is -2.42. The Hall–Kier alpha value is -0.680. The van der Waals surface area contributed by atoms with Crippen LogP contribution in [0.25, 0.3) is 0 Å². The van der Waals surface area contributed by atoms with E-state index in [0.29, 0.717) is 23.2 Å². The monoisotopic (exact) mass is 300 g/mol. The van der Waals surface area contributed by atoms with Crippen LogP contribution in [0.4, 0.5) is 4.39 Å². The van der Waals surface area contributed by atoms with Gasteiger partial charge < -0.3 is 10.5 Å². The van der Waals surface area contributed by atoms with Crippen LogP contribution < -0.4 is 5.73 Å². The molecule has 1 atom stereocenters. The molecule has 20 heavy (non-hydrogen) atoms. The normalized spacial score (nSPS) is 19.2. The van der Waals surface area contributed by atoms with Gasteiger partial charge in [-0.1, -0.05) is 17.7 Å². The first-order valence-electron chi connectivity index (χ1n) is 7.17. The van der Waals surface area contributed by atoms with Crippen LogP contribution in [0.2, 0.25) is 5.02 Å². The first-order valence-corrected chi connectivity index (χ1v) is 7.54. The van der Waals surface area contributed by atoms with Gasteiger partial charge in [-0.3, -0.25) is 4.90 Å². The predicted octanol–water partition coefficient (Wildman–Crippen LogP) is 2.98. The molecular formula is C15H22ClFN2O. The molecule has 2 rings (SSSR count). The lowest BCUT2D eigenvalue weighted by atomic mass is 10.00. The standard InChI is InChI=1S/C15H22ClFN2O/c1-2-20-11-6-8-19(9-7-11)14(10-18)15-12(16)4-3-5-13(15)17/h3-5,11,14H,2,6-10,18H2,1H3. The van der Waals surface area contributed by atoms with E-state index in [1.165, 1.54) is 6.07 Å². The Morgan fingerprint density at radius 2 is 2.15 bits per heavy atom. The van der Waals surface area contributed by atoms with Crippen molar-refractivity contribution in [3.63, 3.8) is 0 Å². The molecule has 112 valence electrons. The van der Waals surface area contributed by atoms with Crippen LogP contribution in [0, 0.1) is 5.82 Å². The Morgan fingerprint density at radius 1 is 1.45 bits per heavy atom. The van der Waals surface area contributed by atoms with Gasteiger partial charge in [-0.15, -0.1) is 0 Å². The molecule has 0 aliphatic carbocycles. The molecule has 0 saturated carbocycles. The highest BCUT2D eigenvalue weighted by Gasteiger charge is 2.28. The molecule has 0 spiro atoms. The third kappa shape index (κ3) is 3.50. The second kappa shape index (κ2) is 7.36. The van der Waals surface area contributed by atoms with E-state index in [9.17, 15) is 4.39 Å². The molecule has 3 nitrogen and oxygen atoms in total. The number of nitrogens with zero attached hydrogens (tertiary/aromatic N) is 1. The number of halogens is 2. The zero-order valence-corrected chi connectivity index (χ0v) is 12.6. The highest BCUT2D eigenvalue weighted by molar-refractivity contribution is 6.31. The molecule has 0 bridgehead atoms. The number of rotatable bonds is 5. The molecule has 1 saturated heterocycles. The highest BCUT2D eigenvalue weighted by Crippen LogP contribution is 2.31. The van der Waals surface area contributed by atoms with Gasteiger partial charge in [0.2, 0.25) is 0 Å². The van der Waals surface area contributed by atoms with Crippen LogP contribution in [0.1, 0.15) is 31.4 Å². The first-order chi connectivity index (χ1) is 9.67. The maximum absolute atomic E-state index is 14.0. The van der Waals surface area contributed by atoms with Gasteiger partial charge in [-0.05, 0) is 31.9 Å². The van der Waals surface area contributed by atoms with Gasteiger partial charge in [0, 0.05) is 36.8 Å². The van der Waals surface area contributed by atoms with Gasteiger partial charge in [0.25, 0.3) is 0 Å². The van der Waals surface area contributed by atoms with Crippen LogP contribution in [-0.4, -0.2) is 37.2 Å². The average Bonchev–Trinajstić information content (AvgIpc) is 2.45. The number of benzene rings is 1. The number of piperidine rings is 1. The number of ether oxygens (including phenoxy) is 1. The molecule has 1 aliphatic rings. The van der Waals surface area contributed by atoms with E-state index in [1.54, 1.807) is 12.1 Å². The summed E-state index contributed by atoms with van der Waals surface area (Å²) in [6.07, 6.45) is 2.22. The van der Waals surface area contributed by atoms with E-state index in [2.05, 4.69) is 4.90 Å². The second-order valence-electron chi connectivity index (χ2n) is 5.08. The van der Waals surface area contributed by atoms with Crippen LogP contribution in [0.15, 0.2) is 18.2 Å². The molecule has 1 aromatic rings. The van der Waals surface area contributed by atoms with Gasteiger partial charge in [0.05, 0.1) is 12.1 Å². The quantitative estimate of drug-likeness (QED) is 0.908. The van der Waals surface area contributed by atoms with E-state index >= 15 is 0 Å². The number of likely N-dealkylation sites (tertiary alicyclic amines) is 1. The summed E-state index contributed by atoms with van der Waals surface area (Å²) in [5, 5.41) is 0.451. The SMILES string of the molecule is CCOC1CCN(C(CN)c2c(F)cccc2Cl)CC1. The summed E-state index contributed by atoms with van der Waals surface area (Å²) in [5.74, 6) is -0.278. The molecule has 1 aromatic carbocycles. The maximum Gasteiger partial charge on any atom is 0.129 e. The van der Waals surface area contributed by atoms with Crippen LogP contribution >= 0.6 is 11.6 Å². The molecule has 2 N–H and O–H groups in total. The summed E-state index contributed by atoms with van der Waals surface area (Å²) in [5.41, 5.74) is 6.39. The summed E-state index contributed by atoms with van der Waals surface area (Å²) >= 11 is 6.15. The molecule has 0 radical (unpaired) electrons. The Kier molecular flexibility index (Phi) is 5.78. The number of nitrogens with two attached hydrogens (primary N) is 1. The van der Waals surface area contributed by atoms with Gasteiger partial charge in [0.15, 0.2) is 0 Å². The predicted molar refractivity (Wildman–Crippen MR) is 79.4 cm³/mol. The number of hydrogen-bond donors (Lipinski definition) is 1. The van der Waals surface area contributed by atoms with Crippen molar-refractivity contribution in [2.75, 3.05) is 26.2 Å².